The predicted octanol–water partition coefficient (Wildman–Crippen LogP) is 4.10. The van der Waals surface area contributed by atoms with Crippen molar-refractivity contribution in [3.05, 3.63) is 89.9 Å². The highest BCUT2D eigenvalue weighted by Crippen LogP contribution is 2.43. The smallest absolute Gasteiger partial charge is 0.333 e. The Hall–Kier alpha value is -4.20. The summed E-state index contributed by atoms with van der Waals surface area (Å²) in [6.45, 7) is 1.79. The van der Waals surface area contributed by atoms with Crippen LogP contribution in [-0.2, 0) is 10.3 Å². The molecule has 2 aliphatic heterocycles. The molecule has 2 N–H and O–H groups in total. The molecule has 1 spiro atoms. The van der Waals surface area contributed by atoms with Crippen LogP contribution in [0.4, 0.5) is 14.0 Å². The Labute approximate surface area is 182 Å². The summed E-state index contributed by atoms with van der Waals surface area (Å²) in [6.07, 6.45) is 2.49. The zero-order valence-electron chi connectivity index (χ0n) is 17.0. The fourth-order valence-corrected chi connectivity index (χ4v) is 4.31. The molecule has 0 saturated carbocycles. The molecule has 0 aromatic heterocycles. The molecule has 0 unspecified atom stereocenters. The van der Waals surface area contributed by atoms with Crippen LogP contribution >= 0.6 is 0 Å². The minimum absolute atomic E-state index is 0.0660. The molecule has 2 heterocycles. The minimum atomic E-state index is -1.85. The van der Waals surface area contributed by atoms with Crippen LogP contribution in [0.5, 0.6) is 5.75 Å². The van der Waals surface area contributed by atoms with E-state index in [1.165, 1.54) is 24.5 Å². The van der Waals surface area contributed by atoms with Gasteiger partial charge in [0.25, 0.3) is 5.91 Å². The third-order valence-electron chi connectivity index (χ3n) is 5.81. The van der Waals surface area contributed by atoms with Crippen LogP contribution in [0, 0.1) is 5.82 Å². The van der Waals surface area contributed by atoms with Gasteiger partial charge < -0.3 is 10.1 Å². The van der Waals surface area contributed by atoms with E-state index in [0.717, 1.165) is 27.3 Å². The molecule has 3 aromatic carbocycles. The van der Waals surface area contributed by atoms with Crippen molar-refractivity contribution >= 4 is 28.7 Å². The van der Waals surface area contributed by atoms with Crippen molar-refractivity contribution in [3.63, 3.8) is 0 Å². The standard InChI is InChI=1S/C24H18FN3O4/c1-14(17-8-4-6-15-5-2-3-7-18(15)17)26-22(30)28-23(31)27-21(29)24(28)11-12-32-20-10-9-16(25)13-19(20)24/h2-14H,1H3,(H,26,30)(H,27,29,31)/t14-,24+/m1/s1. The van der Waals surface area contributed by atoms with E-state index in [9.17, 15) is 18.8 Å². The maximum Gasteiger partial charge on any atom is 0.333 e. The lowest BCUT2D eigenvalue weighted by Gasteiger charge is -2.35. The molecule has 0 aliphatic carbocycles. The number of imide groups is 2. The zero-order valence-corrected chi connectivity index (χ0v) is 17.0. The van der Waals surface area contributed by atoms with Gasteiger partial charge in [-0.3, -0.25) is 10.1 Å². The van der Waals surface area contributed by atoms with Gasteiger partial charge in [0.2, 0.25) is 0 Å². The summed E-state index contributed by atoms with van der Waals surface area (Å²) in [6, 6.07) is 14.9. The number of nitrogens with one attached hydrogen (secondary N) is 2. The molecule has 2 aliphatic rings. The monoisotopic (exact) mass is 431 g/mol. The number of fused-ring (bicyclic) bond motifs is 3. The number of amides is 5. The number of carbonyl (C=O) groups excluding carboxylic acids is 3. The molecule has 160 valence electrons. The molecular formula is C24H18FN3O4. The largest absolute Gasteiger partial charge is 0.465 e. The number of urea groups is 2. The first kappa shape index (κ1) is 19.7. The van der Waals surface area contributed by atoms with Gasteiger partial charge in [-0.2, -0.15) is 0 Å². The Morgan fingerprint density at radius 3 is 2.75 bits per heavy atom. The summed E-state index contributed by atoms with van der Waals surface area (Å²) in [5, 5.41) is 6.94. The number of halogens is 1. The van der Waals surface area contributed by atoms with Crippen LogP contribution in [0.2, 0.25) is 0 Å². The molecule has 7 nitrogen and oxygen atoms in total. The average molecular weight is 431 g/mol. The quantitative estimate of drug-likeness (QED) is 0.598. The molecule has 0 bridgehead atoms. The Morgan fingerprint density at radius 2 is 1.91 bits per heavy atom. The van der Waals surface area contributed by atoms with E-state index >= 15 is 0 Å². The molecule has 1 fully saturated rings. The van der Waals surface area contributed by atoms with E-state index in [0.29, 0.717) is 0 Å². The van der Waals surface area contributed by atoms with Crippen LogP contribution in [0.1, 0.15) is 24.1 Å². The average Bonchev–Trinajstić information content (AvgIpc) is 3.03. The van der Waals surface area contributed by atoms with Gasteiger partial charge in [0.15, 0.2) is 5.54 Å². The first-order chi connectivity index (χ1) is 15.4. The lowest BCUT2D eigenvalue weighted by molar-refractivity contribution is -0.124. The molecular weight excluding hydrogens is 413 g/mol. The second-order valence-corrected chi connectivity index (χ2v) is 7.66. The van der Waals surface area contributed by atoms with Crippen molar-refractivity contribution < 1.29 is 23.5 Å². The lowest BCUT2D eigenvalue weighted by atomic mass is 9.86. The van der Waals surface area contributed by atoms with Crippen LogP contribution in [0.25, 0.3) is 10.8 Å². The van der Waals surface area contributed by atoms with Gasteiger partial charge in [0.05, 0.1) is 12.3 Å². The van der Waals surface area contributed by atoms with E-state index in [4.69, 9.17) is 4.74 Å². The normalized spacial score (nSPS) is 20.1. The number of ether oxygens (including phenoxy) is 1. The predicted molar refractivity (Wildman–Crippen MR) is 114 cm³/mol. The van der Waals surface area contributed by atoms with E-state index < -0.39 is 35.4 Å². The summed E-state index contributed by atoms with van der Waals surface area (Å²) >= 11 is 0. The van der Waals surface area contributed by atoms with Gasteiger partial charge >= 0.3 is 12.1 Å². The van der Waals surface area contributed by atoms with Gasteiger partial charge in [0, 0.05) is 5.56 Å². The van der Waals surface area contributed by atoms with Crippen LogP contribution in [0.3, 0.4) is 0 Å². The summed E-state index contributed by atoms with van der Waals surface area (Å²) < 4.78 is 19.4. The number of rotatable bonds is 2. The van der Waals surface area contributed by atoms with Crippen LogP contribution in [0.15, 0.2) is 73.0 Å². The fourth-order valence-electron chi connectivity index (χ4n) is 4.31. The van der Waals surface area contributed by atoms with Crippen molar-refractivity contribution in [1.29, 1.82) is 0 Å². The van der Waals surface area contributed by atoms with Crippen LogP contribution in [-0.4, -0.2) is 22.9 Å². The first-order valence-electron chi connectivity index (χ1n) is 10.00. The number of nitrogens with zero attached hydrogens (tertiary/aromatic N) is 1. The highest BCUT2D eigenvalue weighted by Gasteiger charge is 2.58. The van der Waals surface area contributed by atoms with Gasteiger partial charge in [-0.05, 0) is 47.5 Å². The van der Waals surface area contributed by atoms with Gasteiger partial charge in [-0.15, -0.1) is 0 Å². The molecule has 5 rings (SSSR count). The molecule has 5 amide bonds. The SMILES string of the molecule is C[C@@H](NC(=O)N1C(=O)NC(=O)[C@@]12C=COc1ccc(F)cc12)c1cccc2ccccc12. The Balaban J connectivity index is 1.53. The highest BCUT2D eigenvalue weighted by molar-refractivity contribution is 6.15. The van der Waals surface area contributed by atoms with Crippen molar-refractivity contribution in [1.82, 2.24) is 15.5 Å². The Bertz CT molecular complexity index is 1320. The second-order valence-electron chi connectivity index (χ2n) is 7.66. The molecule has 2 atom stereocenters. The zero-order chi connectivity index (χ0) is 22.5. The first-order valence-corrected chi connectivity index (χ1v) is 10.00. The molecule has 32 heavy (non-hydrogen) atoms. The third kappa shape index (κ3) is 2.84. The summed E-state index contributed by atoms with van der Waals surface area (Å²) in [5.74, 6) is -1.21. The lowest BCUT2D eigenvalue weighted by Crippen LogP contribution is -2.53. The minimum Gasteiger partial charge on any atom is -0.465 e. The maximum atomic E-state index is 14.0. The summed E-state index contributed by atoms with van der Waals surface area (Å²) in [4.78, 5) is 39.7. The van der Waals surface area contributed by atoms with Gasteiger partial charge in [-0.25, -0.2) is 18.9 Å². The topological polar surface area (TPSA) is 87.7 Å². The number of carbonyl (C=O) groups is 3. The number of hydrogen-bond acceptors (Lipinski definition) is 4. The van der Waals surface area contributed by atoms with E-state index in [1.807, 2.05) is 42.5 Å². The summed E-state index contributed by atoms with van der Waals surface area (Å²) in [7, 11) is 0. The molecule has 1 saturated heterocycles. The summed E-state index contributed by atoms with van der Waals surface area (Å²) in [5.41, 5.74) is -0.934. The van der Waals surface area contributed by atoms with E-state index in [-0.39, 0.29) is 11.3 Å². The molecule has 0 radical (unpaired) electrons. The van der Waals surface area contributed by atoms with E-state index in [2.05, 4.69) is 10.6 Å². The maximum absolute atomic E-state index is 14.0. The molecule has 3 aromatic rings. The van der Waals surface area contributed by atoms with Gasteiger partial charge in [-0.1, -0.05) is 42.5 Å². The van der Waals surface area contributed by atoms with Crippen molar-refractivity contribution in [2.45, 2.75) is 18.5 Å². The van der Waals surface area contributed by atoms with Crippen molar-refractivity contribution in [2.24, 2.45) is 0 Å². The van der Waals surface area contributed by atoms with Crippen molar-refractivity contribution in [3.8, 4) is 5.75 Å². The van der Waals surface area contributed by atoms with Crippen molar-refractivity contribution in [2.75, 3.05) is 0 Å². The number of hydrogen-bond donors (Lipinski definition) is 2. The fraction of sp³-hybridized carbons (Fsp3) is 0.125. The Kier molecular flexibility index (Phi) is 4.44. The van der Waals surface area contributed by atoms with Gasteiger partial charge in [0.1, 0.15) is 11.6 Å². The molecule has 8 heteroatoms. The van der Waals surface area contributed by atoms with E-state index in [1.54, 1.807) is 6.92 Å². The van der Waals surface area contributed by atoms with Crippen LogP contribution < -0.4 is 15.4 Å². The second kappa shape index (κ2) is 7.19. The third-order valence-corrected chi connectivity index (χ3v) is 5.81. The Morgan fingerprint density at radius 1 is 1.12 bits per heavy atom. The number of benzene rings is 3. The highest BCUT2D eigenvalue weighted by atomic mass is 19.1.